The maximum absolute atomic E-state index is 9.97. The minimum Gasteiger partial charge on any atom is -0.481 e. The first-order valence-corrected chi connectivity index (χ1v) is 3.26. The van der Waals surface area contributed by atoms with Gasteiger partial charge in [0.1, 0.15) is 0 Å². The van der Waals surface area contributed by atoms with Crippen molar-refractivity contribution in [3.8, 4) is 0 Å². The average molecular weight is 147 g/mol. The molecular formula is C6H13NO3. The van der Waals surface area contributed by atoms with E-state index >= 15 is 0 Å². The molecule has 0 aliphatic rings. The Kier molecular flexibility index (Phi) is 4.88. The molecule has 0 aromatic rings. The summed E-state index contributed by atoms with van der Waals surface area (Å²) >= 11 is 0. The monoisotopic (exact) mass is 147 g/mol. The van der Waals surface area contributed by atoms with E-state index in [-0.39, 0.29) is 6.42 Å². The molecule has 0 aliphatic heterocycles. The maximum atomic E-state index is 9.97. The van der Waals surface area contributed by atoms with Crippen LogP contribution in [0.25, 0.3) is 0 Å². The van der Waals surface area contributed by atoms with Crippen LogP contribution in [-0.4, -0.2) is 28.8 Å². The second-order valence-corrected chi connectivity index (χ2v) is 2.16. The topological polar surface area (TPSA) is 83.5 Å². The molecule has 0 radical (unpaired) electrons. The zero-order chi connectivity index (χ0) is 7.98. The lowest BCUT2D eigenvalue weighted by Crippen LogP contribution is -2.14. The second-order valence-electron chi connectivity index (χ2n) is 2.16. The fourth-order valence-corrected chi connectivity index (χ4v) is 0.627. The Balaban J connectivity index is 3.21. The summed E-state index contributed by atoms with van der Waals surface area (Å²) in [7, 11) is 0. The molecule has 0 saturated carbocycles. The van der Waals surface area contributed by atoms with Gasteiger partial charge in [-0.2, -0.15) is 0 Å². The summed E-state index contributed by atoms with van der Waals surface area (Å²) in [6.07, 6.45) is 0.238. The quantitative estimate of drug-likeness (QED) is 0.492. The van der Waals surface area contributed by atoms with Gasteiger partial charge in [-0.3, -0.25) is 4.79 Å². The third-order valence-electron chi connectivity index (χ3n) is 1.19. The zero-order valence-electron chi connectivity index (χ0n) is 5.79. The molecule has 60 valence electrons. The van der Waals surface area contributed by atoms with Gasteiger partial charge in [-0.25, -0.2) is 0 Å². The summed E-state index contributed by atoms with van der Waals surface area (Å²) in [5.41, 5.74) is 5.13. The Morgan fingerprint density at radius 3 is 2.50 bits per heavy atom. The van der Waals surface area contributed by atoms with Crippen molar-refractivity contribution in [1.29, 1.82) is 0 Å². The van der Waals surface area contributed by atoms with Crippen molar-refractivity contribution in [3.05, 3.63) is 0 Å². The normalized spacial score (nSPS) is 13.0. The van der Waals surface area contributed by atoms with Crippen molar-refractivity contribution in [2.75, 3.05) is 6.54 Å². The highest BCUT2D eigenvalue weighted by Gasteiger charge is 2.04. The fourth-order valence-electron chi connectivity index (χ4n) is 0.627. The molecule has 0 saturated heterocycles. The molecule has 4 nitrogen and oxygen atoms in total. The van der Waals surface area contributed by atoms with E-state index in [1.165, 1.54) is 0 Å². The number of rotatable bonds is 5. The van der Waals surface area contributed by atoms with Crippen molar-refractivity contribution in [2.24, 2.45) is 5.73 Å². The van der Waals surface area contributed by atoms with E-state index < -0.39 is 12.1 Å². The molecule has 0 aromatic heterocycles. The third-order valence-corrected chi connectivity index (χ3v) is 1.19. The van der Waals surface area contributed by atoms with Crippen LogP contribution in [0.3, 0.4) is 0 Å². The molecule has 0 bridgehead atoms. The highest BCUT2D eigenvalue weighted by atomic mass is 16.4. The minimum absolute atomic E-state index is 0.0150. The van der Waals surface area contributed by atoms with Gasteiger partial charge in [0, 0.05) is 6.42 Å². The number of hydrogen-bond acceptors (Lipinski definition) is 3. The maximum Gasteiger partial charge on any atom is 0.303 e. The van der Waals surface area contributed by atoms with Crippen molar-refractivity contribution < 1.29 is 15.0 Å². The Morgan fingerprint density at radius 2 is 2.10 bits per heavy atom. The van der Waals surface area contributed by atoms with E-state index in [0.29, 0.717) is 19.4 Å². The van der Waals surface area contributed by atoms with Crippen molar-refractivity contribution in [3.63, 3.8) is 0 Å². The minimum atomic E-state index is -0.879. The van der Waals surface area contributed by atoms with E-state index in [1.54, 1.807) is 0 Å². The van der Waals surface area contributed by atoms with Crippen LogP contribution in [0.2, 0.25) is 0 Å². The largest absolute Gasteiger partial charge is 0.481 e. The molecular weight excluding hydrogens is 134 g/mol. The Morgan fingerprint density at radius 1 is 1.50 bits per heavy atom. The predicted octanol–water partition coefficient (Wildman–Crippen LogP) is -0.439. The molecule has 10 heavy (non-hydrogen) atoms. The van der Waals surface area contributed by atoms with E-state index in [1.807, 2.05) is 0 Å². The van der Waals surface area contributed by atoms with Gasteiger partial charge in [-0.1, -0.05) is 0 Å². The van der Waals surface area contributed by atoms with Crippen LogP contribution in [0.15, 0.2) is 0 Å². The molecule has 0 spiro atoms. The van der Waals surface area contributed by atoms with E-state index in [0.717, 1.165) is 0 Å². The molecule has 0 aromatic carbocycles. The number of nitrogens with two attached hydrogens (primary N) is 1. The lowest BCUT2D eigenvalue weighted by atomic mass is 10.1. The number of carboxylic acid groups (broad SMARTS) is 1. The number of aliphatic hydroxyl groups is 1. The highest BCUT2D eigenvalue weighted by Crippen LogP contribution is 1.99. The second kappa shape index (κ2) is 5.20. The van der Waals surface area contributed by atoms with Gasteiger partial charge in [0.25, 0.3) is 0 Å². The van der Waals surface area contributed by atoms with Crippen LogP contribution in [0, 0.1) is 0 Å². The van der Waals surface area contributed by atoms with Gasteiger partial charge in [0.05, 0.1) is 6.10 Å². The molecule has 4 N–H and O–H groups in total. The van der Waals surface area contributed by atoms with Crippen molar-refractivity contribution in [1.82, 2.24) is 0 Å². The molecule has 4 heteroatoms. The van der Waals surface area contributed by atoms with Crippen LogP contribution in [0.1, 0.15) is 19.3 Å². The van der Waals surface area contributed by atoms with Gasteiger partial charge >= 0.3 is 5.97 Å². The standard InChI is InChI=1S/C6H13NO3/c7-4-3-5(8)1-2-6(9)10/h5,8H,1-4,7H2,(H,9,10). The van der Waals surface area contributed by atoms with Crippen LogP contribution in [0.5, 0.6) is 0 Å². The zero-order valence-corrected chi connectivity index (χ0v) is 5.79. The summed E-state index contributed by atoms with van der Waals surface area (Å²) in [4.78, 5) is 9.97. The fraction of sp³-hybridized carbons (Fsp3) is 0.833. The van der Waals surface area contributed by atoms with Gasteiger partial charge in [-0.05, 0) is 19.4 Å². The smallest absolute Gasteiger partial charge is 0.303 e. The summed E-state index contributed by atoms with van der Waals surface area (Å²) in [5, 5.41) is 17.1. The summed E-state index contributed by atoms with van der Waals surface area (Å²) in [6, 6.07) is 0. The molecule has 0 heterocycles. The highest BCUT2D eigenvalue weighted by molar-refractivity contribution is 5.66. The Labute approximate surface area is 59.7 Å². The number of carbonyl (C=O) groups is 1. The van der Waals surface area contributed by atoms with Crippen molar-refractivity contribution in [2.45, 2.75) is 25.4 Å². The van der Waals surface area contributed by atoms with Gasteiger partial charge < -0.3 is 15.9 Å². The molecule has 1 atom stereocenters. The Hall–Kier alpha value is -0.610. The SMILES string of the molecule is NCCC(O)CCC(=O)O. The first-order valence-electron chi connectivity index (χ1n) is 3.26. The summed E-state index contributed by atoms with van der Waals surface area (Å²) in [6.45, 7) is 0.404. The number of hydrogen-bond donors (Lipinski definition) is 3. The summed E-state index contributed by atoms with van der Waals surface area (Å²) in [5.74, 6) is -0.879. The van der Waals surface area contributed by atoms with Gasteiger partial charge in [-0.15, -0.1) is 0 Å². The van der Waals surface area contributed by atoms with Crippen LogP contribution >= 0.6 is 0 Å². The third kappa shape index (κ3) is 5.53. The first-order chi connectivity index (χ1) is 4.66. The molecule has 0 aliphatic carbocycles. The van der Waals surface area contributed by atoms with Crippen LogP contribution < -0.4 is 5.73 Å². The van der Waals surface area contributed by atoms with Gasteiger partial charge in [0.15, 0.2) is 0 Å². The molecule has 1 unspecified atom stereocenters. The lowest BCUT2D eigenvalue weighted by Gasteiger charge is -2.05. The number of carboxylic acids is 1. The van der Waals surface area contributed by atoms with Crippen molar-refractivity contribution >= 4 is 5.97 Å². The van der Waals surface area contributed by atoms with Crippen LogP contribution in [-0.2, 0) is 4.79 Å². The molecule has 0 rings (SSSR count). The number of aliphatic carboxylic acids is 1. The summed E-state index contributed by atoms with van der Waals surface area (Å²) < 4.78 is 0. The van der Waals surface area contributed by atoms with E-state index in [9.17, 15) is 4.79 Å². The number of aliphatic hydroxyl groups excluding tert-OH is 1. The average Bonchev–Trinajstić information content (AvgIpc) is 1.85. The van der Waals surface area contributed by atoms with E-state index in [4.69, 9.17) is 15.9 Å². The predicted molar refractivity (Wildman–Crippen MR) is 36.5 cm³/mol. The van der Waals surface area contributed by atoms with Crippen LogP contribution in [0.4, 0.5) is 0 Å². The first kappa shape index (κ1) is 9.39. The lowest BCUT2D eigenvalue weighted by molar-refractivity contribution is -0.137. The van der Waals surface area contributed by atoms with Gasteiger partial charge in [0.2, 0.25) is 0 Å². The molecule has 0 amide bonds. The molecule has 0 fully saturated rings. The Bertz CT molecular complexity index is 105. The van der Waals surface area contributed by atoms with E-state index in [2.05, 4.69) is 0 Å².